The summed E-state index contributed by atoms with van der Waals surface area (Å²) in [6, 6.07) is 13.5. The van der Waals surface area contributed by atoms with Crippen LogP contribution in [0.15, 0.2) is 58.4 Å². The summed E-state index contributed by atoms with van der Waals surface area (Å²) in [6.45, 7) is 1.05. The fourth-order valence-electron chi connectivity index (χ4n) is 3.89. The topological polar surface area (TPSA) is 108 Å². The molecule has 2 aliphatic rings. The van der Waals surface area contributed by atoms with Gasteiger partial charge in [-0.2, -0.15) is 11.8 Å². The van der Waals surface area contributed by atoms with Gasteiger partial charge in [0.1, 0.15) is 11.9 Å². The van der Waals surface area contributed by atoms with Crippen LogP contribution in [0.3, 0.4) is 0 Å². The third kappa shape index (κ3) is 5.22. The minimum Gasteiger partial charge on any atom is -0.350 e. The van der Waals surface area contributed by atoms with Crippen LogP contribution in [0.1, 0.15) is 30.4 Å². The lowest BCUT2D eigenvalue weighted by molar-refractivity contribution is -0.122. The maximum absolute atomic E-state index is 12.9. The first-order valence-corrected chi connectivity index (χ1v) is 13.6. The largest absolute Gasteiger partial charge is 0.350 e. The molecule has 2 N–H and O–H groups in total. The summed E-state index contributed by atoms with van der Waals surface area (Å²) in [5, 5.41) is 2.91. The molecule has 33 heavy (non-hydrogen) atoms. The molecule has 174 valence electrons. The van der Waals surface area contributed by atoms with E-state index in [1.807, 2.05) is 30.5 Å². The van der Waals surface area contributed by atoms with Crippen molar-refractivity contribution in [3.8, 4) is 0 Å². The summed E-state index contributed by atoms with van der Waals surface area (Å²) in [6.07, 6.45) is 3.88. The molecule has 10 heteroatoms. The van der Waals surface area contributed by atoms with Gasteiger partial charge in [0.05, 0.1) is 4.90 Å². The number of hydrogen-bond donors (Lipinski definition) is 2. The number of anilines is 1. The number of sulfonamides is 1. The van der Waals surface area contributed by atoms with Gasteiger partial charge >= 0.3 is 0 Å². The molecule has 0 radical (unpaired) electrons. The first kappa shape index (κ1) is 23.3. The predicted molar refractivity (Wildman–Crippen MR) is 130 cm³/mol. The Hall–Kier alpha value is -2.85. The van der Waals surface area contributed by atoms with Gasteiger partial charge in [-0.3, -0.25) is 19.3 Å². The number of nitrogens with zero attached hydrogens (tertiary/aromatic N) is 2. The summed E-state index contributed by atoms with van der Waals surface area (Å²) in [4.78, 5) is 31.3. The Balaban J connectivity index is 1.45. The van der Waals surface area contributed by atoms with Crippen molar-refractivity contribution >= 4 is 45.1 Å². The highest BCUT2D eigenvalue weighted by molar-refractivity contribution is 7.98. The van der Waals surface area contributed by atoms with Crippen LogP contribution in [0.4, 0.5) is 5.69 Å². The molecule has 2 amide bonds. The quantitative estimate of drug-likeness (QED) is 0.595. The van der Waals surface area contributed by atoms with Crippen molar-refractivity contribution in [3.63, 3.8) is 0 Å². The Morgan fingerprint density at radius 3 is 2.67 bits per heavy atom. The molecule has 2 aliphatic heterocycles. The minimum absolute atomic E-state index is 0.135. The average Bonchev–Trinajstić information content (AvgIpc) is 3.35. The molecule has 2 heterocycles. The maximum Gasteiger partial charge on any atom is 0.263 e. The molecular weight excluding hydrogens is 460 g/mol. The summed E-state index contributed by atoms with van der Waals surface area (Å²) in [5.41, 5.74) is 2.25. The molecule has 2 aromatic rings. The van der Waals surface area contributed by atoms with Gasteiger partial charge < -0.3 is 10.2 Å². The maximum atomic E-state index is 12.9. The van der Waals surface area contributed by atoms with Crippen LogP contribution in [0.2, 0.25) is 0 Å². The van der Waals surface area contributed by atoms with Crippen molar-refractivity contribution in [3.05, 3.63) is 59.7 Å². The van der Waals surface area contributed by atoms with Crippen LogP contribution in [-0.2, 0) is 26.2 Å². The van der Waals surface area contributed by atoms with Crippen LogP contribution in [-0.4, -0.2) is 50.7 Å². The monoisotopic (exact) mass is 486 g/mol. The third-order valence-corrected chi connectivity index (χ3v) is 7.67. The minimum atomic E-state index is -3.66. The average molecular weight is 487 g/mol. The molecule has 1 saturated heterocycles. The summed E-state index contributed by atoms with van der Waals surface area (Å²) in [5.74, 6) is 0.781. The molecule has 0 unspecified atom stereocenters. The van der Waals surface area contributed by atoms with Crippen molar-refractivity contribution < 1.29 is 18.0 Å². The number of nitrogens with one attached hydrogen (secondary N) is 2. The second kappa shape index (κ2) is 9.96. The van der Waals surface area contributed by atoms with E-state index < -0.39 is 16.1 Å². The fraction of sp³-hybridized carbons (Fsp3) is 0.348. The number of benzene rings is 2. The predicted octanol–water partition coefficient (Wildman–Crippen LogP) is 2.29. The lowest BCUT2D eigenvalue weighted by Gasteiger charge is -2.17. The highest BCUT2D eigenvalue weighted by atomic mass is 32.2. The van der Waals surface area contributed by atoms with Crippen LogP contribution in [0, 0.1) is 0 Å². The number of amidine groups is 1. The number of amides is 2. The van der Waals surface area contributed by atoms with Gasteiger partial charge in [-0.15, -0.1) is 0 Å². The van der Waals surface area contributed by atoms with E-state index in [-0.39, 0.29) is 22.5 Å². The van der Waals surface area contributed by atoms with E-state index in [2.05, 4.69) is 15.0 Å². The smallest absolute Gasteiger partial charge is 0.263 e. The first-order valence-electron chi connectivity index (χ1n) is 10.7. The van der Waals surface area contributed by atoms with Crippen molar-refractivity contribution in [2.45, 2.75) is 36.7 Å². The van der Waals surface area contributed by atoms with Crippen molar-refractivity contribution in [2.24, 2.45) is 4.99 Å². The van der Waals surface area contributed by atoms with Gasteiger partial charge in [0, 0.05) is 30.8 Å². The van der Waals surface area contributed by atoms with Crippen LogP contribution in [0.5, 0.6) is 0 Å². The van der Waals surface area contributed by atoms with Crippen LogP contribution < -0.4 is 14.9 Å². The number of rotatable bonds is 8. The molecule has 4 rings (SSSR count). The standard InChI is InChI=1S/C23H26N4O4S2/c1-32-14-12-19(25-22-18-5-2-3-6-20(18)33(30,31)26-22)23(29)24-15-16-8-10-17(11-9-16)27-13-4-7-21(27)28/h2-3,5-6,8-11,19H,4,7,12-15H2,1H3,(H,24,29)(H,25,26)/t19-/m0/s1. The van der Waals surface area contributed by atoms with Crippen LogP contribution in [0.25, 0.3) is 0 Å². The molecule has 1 atom stereocenters. The van der Waals surface area contributed by atoms with Crippen molar-refractivity contribution in [1.82, 2.24) is 10.0 Å². The number of carbonyl (C=O) groups excluding carboxylic acids is 2. The SMILES string of the molecule is CSCC[C@H](N=C1NS(=O)(=O)c2ccccc21)C(=O)NCc1ccc(N2CCCC2=O)cc1. The van der Waals surface area contributed by atoms with Gasteiger partial charge in [0.2, 0.25) is 11.8 Å². The van der Waals surface area contributed by atoms with Gasteiger partial charge in [-0.25, -0.2) is 8.42 Å². The number of aliphatic imine (C=N–C) groups is 1. The van der Waals surface area contributed by atoms with E-state index in [9.17, 15) is 18.0 Å². The van der Waals surface area contributed by atoms with Gasteiger partial charge in [-0.05, 0) is 54.7 Å². The molecule has 0 aliphatic carbocycles. The molecule has 0 saturated carbocycles. The van der Waals surface area contributed by atoms with E-state index in [1.165, 1.54) is 6.07 Å². The Bertz CT molecular complexity index is 1180. The second-order valence-electron chi connectivity index (χ2n) is 7.91. The highest BCUT2D eigenvalue weighted by Crippen LogP contribution is 2.24. The van der Waals surface area contributed by atoms with Crippen LogP contribution >= 0.6 is 11.8 Å². The highest BCUT2D eigenvalue weighted by Gasteiger charge is 2.31. The Morgan fingerprint density at radius 2 is 1.97 bits per heavy atom. The number of hydrogen-bond acceptors (Lipinski definition) is 6. The zero-order valence-electron chi connectivity index (χ0n) is 18.3. The van der Waals surface area contributed by atoms with Crippen molar-refractivity contribution in [2.75, 3.05) is 23.5 Å². The first-order chi connectivity index (χ1) is 15.9. The third-order valence-electron chi connectivity index (χ3n) is 5.63. The number of thioether (sulfide) groups is 1. The van der Waals surface area contributed by atoms with Gasteiger partial charge in [0.15, 0.2) is 0 Å². The molecule has 1 fully saturated rings. The van der Waals surface area contributed by atoms with Gasteiger partial charge in [-0.1, -0.05) is 24.3 Å². The molecule has 0 spiro atoms. The summed E-state index contributed by atoms with van der Waals surface area (Å²) in [7, 11) is -3.66. The molecule has 2 aromatic carbocycles. The van der Waals surface area contributed by atoms with E-state index >= 15 is 0 Å². The Labute approximate surface area is 197 Å². The molecular formula is C23H26N4O4S2. The number of carbonyl (C=O) groups is 2. The normalized spacial score (nSPS) is 18.8. The lowest BCUT2D eigenvalue weighted by Crippen LogP contribution is -2.35. The van der Waals surface area contributed by atoms with Crippen molar-refractivity contribution in [1.29, 1.82) is 0 Å². The second-order valence-corrected chi connectivity index (χ2v) is 10.5. The van der Waals surface area contributed by atoms with E-state index in [0.717, 1.165) is 24.2 Å². The van der Waals surface area contributed by atoms with E-state index in [1.54, 1.807) is 34.9 Å². The molecule has 0 aromatic heterocycles. The van der Waals surface area contributed by atoms with Gasteiger partial charge in [0.25, 0.3) is 10.0 Å². The summed E-state index contributed by atoms with van der Waals surface area (Å²) < 4.78 is 27.2. The van der Waals surface area contributed by atoms with E-state index in [0.29, 0.717) is 30.7 Å². The Morgan fingerprint density at radius 1 is 1.21 bits per heavy atom. The Kier molecular flexibility index (Phi) is 7.04. The molecule has 0 bridgehead atoms. The number of fused-ring (bicyclic) bond motifs is 1. The zero-order valence-corrected chi connectivity index (χ0v) is 19.9. The lowest BCUT2D eigenvalue weighted by atomic mass is 10.1. The summed E-state index contributed by atoms with van der Waals surface area (Å²) >= 11 is 1.60. The fourth-order valence-corrected chi connectivity index (χ4v) is 5.59. The molecule has 8 nitrogen and oxygen atoms in total. The van der Waals surface area contributed by atoms with E-state index in [4.69, 9.17) is 0 Å². The zero-order chi connectivity index (χ0) is 23.4.